The zero-order valence-corrected chi connectivity index (χ0v) is 6.10. The fraction of sp³-hybridized carbons (Fsp3) is 0.200. The van der Waals surface area contributed by atoms with Crippen LogP contribution in [0.4, 0.5) is 0 Å². The summed E-state index contributed by atoms with van der Waals surface area (Å²) in [7, 11) is 0. The second kappa shape index (κ2) is 3.40. The van der Waals surface area contributed by atoms with Gasteiger partial charge < -0.3 is 0 Å². The highest BCUT2D eigenvalue weighted by Gasteiger charge is 1.50. The van der Waals surface area contributed by atoms with Crippen molar-refractivity contribution in [1.29, 1.82) is 0 Å². The minimum absolute atomic E-state index is 0.800. The van der Waals surface area contributed by atoms with E-state index in [2.05, 4.69) is 20.0 Å². The van der Waals surface area contributed by atoms with E-state index in [4.69, 9.17) is 0 Å². The van der Waals surface area contributed by atoms with E-state index < -0.39 is 18.9 Å². The van der Waals surface area contributed by atoms with Crippen molar-refractivity contribution in [1.82, 2.24) is 0 Å². The lowest BCUT2D eigenvalue weighted by atomic mass is 10.8. The standard InChI is InChI=1S/C5H9I/c1-4-5-6(2)3/h4-5H,1-2H2,3H3. The molecule has 6 heavy (non-hydrogen) atoms. The van der Waals surface area contributed by atoms with E-state index in [0.717, 1.165) is 0 Å². The average Bonchev–Trinajstić information content (AvgIpc) is 1.35. The maximum atomic E-state index is 3.86. The Morgan fingerprint density at radius 1 is 1.67 bits per heavy atom. The van der Waals surface area contributed by atoms with Gasteiger partial charge in [-0.25, -0.2) is 0 Å². The van der Waals surface area contributed by atoms with Crippen molar-refractivity contribution < 1.29 is 0 Å². The maximum Gasteiger partial charge on any atom is -0.0215 e. The highest BCUT2D eigenvalue weighted by atomic mass is 127. The van der Waals surface area contributed by atoms with Gasteiger partial charge in [0.15, 0.2) is 0 Å². The van der Waals surface area contributed by atoms with Crippen LogP contribution in [-0.2, 0) is 0 Å². The Morgan fingerprint density at radius 3 is 2.17 bits per heavy atom. The second-order valence-electron chi connectivity index (χ2n) is 1.00. The lowest BCUT2D eigenvalue weighted by molar-refractivity contribution is 2.56. The van der Waals surface area contributed by atoms with Crippen LogP contribution in [0.5, 0.6) is 0 Å². The molecular weight excluding hydrogens is 187 g/mol. The highest BCUT2D eigenvalue weighted by molar-refractivity contribution is 14.2. The van der Waals surface area contributed by atoms with Crippen LogP contribution in [-0.4, -0.2) is 13.5 Å². The van der Waals surface area contributed by atoms with Crippen molar-refractivity contribution in [3.63, 3.8) is 0 Å². The third-order valence-corrected chi connectivity index (χ3v) is 2.04. The molecule has 0 heterocycles. The summed E-state index contributed by atoms with van der Waals surface area (Å²) in [5, 5.41) is 0. The molecule has 0 aliphatic rings. The first-order valence-corrected chi connectivity index (χ1v) is 6.53. The smallest absolute Gasteiger partial charge is 0.0215 e. The molecule has 0 aliphatic heterocycles. The van der Waals surface area contributed by atoms with Gasteiger partial charge in [-0.2, -0.15) is 18.9 Å². The van der Waals surface area contributed by atoms with Gasteiger partial charge in [0, 0.05) is 0 Å². The summed E-state index contributed by atoms with van der Waals surface area (Å²) in [4.78, 5) is 2.17. The number of hydrogen-bond acceptors (Lipinski definition) is 0. The van der Waals surface area contributed by atoms with Crippen LogP contribution in [0.25, 0.3) is 0 Å². The van der Waals surface area contributed by atoms with E-state index in [1.54, 1.807) is 0 Å². The first kappa shape index (κ1) is 6.21. The van der Waals surface area contributed by atoms with Crippen LogP contribution in [0.2, 0.25) is 0 Å². The average molecular weight is 196 g/mol. The van der Waals surface area contributed by atoms with E-state index in [1.807, 2.05) is 6.08 Å². The van der Waals surface area contributed by atoms with Crippen molar-refractivity contribution in [3.05, 3.63) is 12.7 Å². The van der Waals surface area contributed by atoms with Gasteiger partial charge in [-0.1, -0.05) is 17.2 Å². The Labute approximate surface area is 45.2 Å². The molecule has 0 saturated carbocycles. The van der Waals surface area contributed by atoms with Gasteiger partial charge >= 0.3 is 0 Å². The molecule has 0 spiro atoms. The largest absolute Gasteiger partial charge is 0.160 e. The zero-order valence-electron chi connectivity index (χ0n) is 3.95. The van der Waals surface area contributed by atoms with Gasteiger partial charge in [0.1, 0.15) is 0 Å². The quantitative estimate of drug-likeness (QED) is 0.440. The number of rotatable bonds is 1. The zero-order chi connectivity index (χ0) is 4.99. The van der Waals surface area contributed by atoms with Gasteiger partial charge in [-0.15, -0.1) is 0 Å². The molecule has 0 aromatic carbocycles. The van der Waals surface area contributed by atoms with Gasteiger partial charge in [0.25, 0.3) is 0 Å². The summed E-state index contributed by atoms with van der Waals surface area (Å²) < 4.78 is 5.96. The van der Waals surface area contributed by atoms with Crippen molar-refractivity contribution >= 4 is 27.4 Å². The SMILES string of the molecule is C=C/C=I(=C)/C. The van der Waals surface area contributed by atoms with E-state index in [1.165, 1.54) is 0 Å². The van der Waals surface area contributed by atoms with Crippen LogP contribution in [0.15, 0.2) is 12.7 Å². The third kappa shape index (κ3) is 4.21. The summed E-state index contributed by atoms with van der Waals surface area (Å²) in [5.74, 6) is 0. The minimum atomic E-state index is -0.800. The van der Waals surface area contributed by atoms with Gasteiger partial charge in [-0.3, -0.25) is 0 Å². The van der Waals surface area contributed by atoms with Crippen LogP contribution in [0.1, 0.15) is 0 Å². The first-order valence-electron chi connectivity index (χ1n) is 1.61. The molecule has 0 saturated heterocycles. The van der Waals surface area contributed by atoms with E-state index in [0.29, 0.717) is 0 Å². The van der Waals surface area contributed by atoms with Crippen LogP contribution in [0, 0.1) is 0 Å². The topological polar surface area (TPSA) is 0 Å². The molecule has 0 amide bonds. The number of halogens is 1. The Hall–Kier alpha value is 0.210. The molecule has 0 unspecified atom stereocenters. The van der Waals surface area contributed by atoms with Crippen molar-refractivity contribution in [2.75, 3.05) is 4.93 Å². The van der Waals surface area contributed by atoms with Gasteiger partial charge in [0.05, 0.1) is 0 Å². The van der Waals surface area contributed by atoms with Gasteiger partial charge in [-0.05, 0) is 8.94 Å². The minimum Gasteiger partial charge on any atom is -0.160 e. The summed E-state index contributed by atoms with van der Waals surface area (Å²) in [5.41, 5.74) is 0. The van der Waals surface area contributed by atoms with Crippen molar-refractivity contribution in [2.45, 2.75) is 0 Å². The van der Waals surface area contributed by atoms with E-state index >= 15 is 0 Å². The molecule has 0 aliphatic carbocycles. The highest BCUT2D eigenvalue weighted by Crippen LogP contribution is 1.92. The van der Waals surface area contributed by atoms with Crippen LogP contribution in [0.3, 0.4) is 0 Å². The molecule has 0 aromatic heterocycles. The number of alkyl halides is 1. The fourth-order valence-electron chi connectivity index (χ4n) is 0.152. The summed E-state index contributed by atoms with van der Waals surface area (Å²) in [6, 6.07) is 0. The summed E-state index contributed by atoms with van der Waals surface area (Å²) in [6.45, 7) is 3.54. The number of hydrogen-bond donors (Lipinski definition) is 0. The summed E-state index contributed by atoms with van der Waals surface area (Å²) in [6.07, 6.45) is 1.83. The molecule has 0 rings (SSSR count). The molecule has 0 N–H and O–H groups in total. The van der Waals surface area contributed by atoms with Crippen molar-refractivity contribution in [3.8, 4) is 0 Å². The molecular formula is C5H9I. The Morgan fingerprint density at radius 2 is 2.17 bits per heavy atom. The number of allylic oxidation sites excluding steroid dienone is 1. The molecule has 1 heteroatoms. The molecule has 0 fully saturated rings. The molecule has 0 radical (unpaired) electrons. The predicted octanol–water partition coefficient (Wildman–Crippen LogP) is 1.54. The normalized spacial score (nSPS) is 14.2. The second-order valence-corrected chi connectivity index (χ2v) is 5.37. The molecule has 0 aromatic rings. The van der Waals surface area contributed by atoms with E-state index in [9.17, 15) is 0 Å². The molecule has 36 valence electrons. The van der Waals surface area contributed by atoms with Crippen LogP contribution < -0.4 is 0 Å². The molecule has 0 atom stereocenters. The van der Waals surface area contributed by atoms with E-state index in [-0.39, 0.29) is 0 Å². The molecule has 0 nitrogen and oxygen atoms in total. The first-order chi connectivity index (χ1) is 2.77. The fourth-order valence-corrected chi connectivity index (χ4v) is 1.02. The molecule has 0 bridgehead atoms. The Kier molecular flexibility index (Phi) is 3.52. The monoisotopic (exact) mass is 196 g/mol. The lowest BCUT2D eigenvalue weighted by Crippen LogP contribution is -1.47. The third-order valence-electron chi connectivity index (χ3n) is 0.304. The van der Waals surface area contributed by atoms with Crippen molar-refractivity contribution in [2.24, 2.45) is 0 Å². The van der Waals surface area contributed by atoms with Crippen LogP contribution >= 0.6 is 18.9 Å². The Bertz CT molecular complexity index is 105. The van der Waals surface area contributed by atoms with Gasteiger partial charge in [0.2, 0.25) is 0 Å². The lowest BCUT2D eigenvalue weighted by Gasteiger charge is -1.67. The summed E-state index contributed by atoms with van der Waals surface area (Å²) >= 11 is -0.800. The Balaban J connectivity index is 3.75. The maximum absolute atomic E-state index is 3.86. The predicted molar refractivity (Wildman–Crippen MR) is 43.3 cm³/mol.